The Bertz CT molecular complexity index is 6350. The van der Waals surface area contributed by atoms with Gasteiger partial charge in [0.05, 0.1) is 62.2 Å². The van der Waals surface area contributed by atoms with Crippen molar-refractivity contribution >= 4 is 101 Å². The van der Waals surface area contributed by atoms with Gasteiger partial charge >= 0.3 is 0 Å². The number of anilines is 6. The summed E-state index contributed by atoms with van der Waals surface area (Å²) in [5.41, 5.74) is 5.99. The van der Waals surface area contributed by atoms with Gasteiger partial charge in [-0.3, -0.25) is 0 Å². The zero-order valence-corrected chi connectivity index (χ0v) is 47.1. The summed E-state index contributed by atoms with van der Waals surface area (Å²) in [7, 11) is 0. The van der Waals surface area contributed by atoms with Crippen LogP contribution in [-0.2, 0) is 5.41 Å². The van der Waals surface area contributed by atoms with Crippen molar-refractivity contribution in [1.29, 1.82) is 0 Å². The van der Waals surface area contributed by atoms with Crippen molar-refractivity contribution in [1.82, 2.24) is 9.13 Å². The fourth-order valence-electron chi connectivity index (χ4n) is 12.9. The Morgan fingerprint density at radius 3 is 1.14 bits per heavy atom. The fraction of sp³-hybridized carbons (Fsp3) is 0.0488. The topological polar surface area (TPSA) is 16.3 Å². The molecule has 0 amide bonds. The van der Waals surface area contributed by atoms with Crippen molar-refractivity contribution in [2.24, 2.45) is 0 Å². The summed E-state index contributed by atoms with van der Waals surface area (Å²) in [6.07, 6.45) is 0. The highest BCUT2D eigenvalue weighted by molar-refractivity contribution is 7.00. The van der Waals surface area contributed by atoms with Crippen LogP contribution in [0.1, 0.15) is 55.1 Å². The minimum Gasteiger partial charge on any atom is -0.311 e. The molecule has 13 aromatic carbocycles. The van der Waals surface area contributed by atoms with Crippen LogP contribution in [-0.4, -0.2) is 15.8 Å². The average molecular weight is 1130 g/mol. The molecule has 0 radical (unpaired) electrons. The van der Waals surface area contributed by atoms with E-state index in [1.807, 2.05) is 200 Å². The summed E-state index contributed by atoms with van der Waals surface area (Å²) < 4.78 is 206. The Kier molecular flexibility index (Phi) is 7.67. The molecule has 4 nitrogen and oxygen atoms in total. The molecule has 0 unspecified atom stereocenters. The zero-order valence-electron chi connectivity index (χ0n) is 68.1. The number of hydrogen-bond acceptors (Lipinski definition) is 2. The van der Waals surface area contributed by atoms with Gasteiger partial charge in [0.15, 0.2) is 0 Å². The average Bonchev–Trinajstić information content (AvgIpc) is 0.959. The molecular weight excluding hydrogens is 1050 g/mol. The Morgan fingerprint density at radius 1 is 0.322 bits per heavy atom. The summed E-state index contributed by atoms with van der Waals surface area (Å²) in [6, 6.07) is 42.0. The van der Waals surface area contributed by atoms with Gasteiger partial charge in [0, 0.05) is 66.8 Å². The van der Waals surface area contributed by atoms with E-state index in [2.05, 4.69) is 0 Å². The number of fused-ring (bicyclic) bond motifs is 10. The second-order valence-electron chi connectivity index (χ2n) is 22.8. The first kappa shape index (κ1) is 33.6. The van der Waals surface area contributed by atoms with Gasteiger partial charge in [-0.1, -0.05) is 239 Å². The molecule has 0 atom stereocenters. The first-order valence-corrected chi connectivity index (χ1v) is 28.7. The molecule has 5 heteroatoms. The van der Waals surface area contributed by atoms with E-state index in [1.165, 1.54) is 4.57 Å². The largest absolute Gasteiger partial charge is 0.311 e. The van der Waals surface area contributed by atoms with Crippen molar-refractivity contribution in [3.63, 3.8) is 0 Å². The summed E-state index contributed by atoms with van der Waals surface area (Å²) in [5, 5.41) is -1.18. The minimum atomic E-state index is -1.45. The highest BCUT2D eigenvalue weighted by Crippen LogP contribution is 2.52. The molecule has 2 aliphatic heterocycles. The molecule has 0 saturated heterocycles. The molecule has 17 rings (SSSR count). The summed E-state index contributed by atoms with van der Waals surface area (Å²) in [5.74, 6) is 0. The van der Waals surface area contributed by atoms with Crippen LogP contribution in [0.4, 0.5) is 34.1 Å². The third-order valence-electron chi connectivity index (χ3n) is 16.9. The molecule has 0 saturated carbocycles. The predicted octanol–water partition coefficient (Wildman–Crippen LogP) is 19.9. The molecule has 0 bridgehead atoms. The molecule has 4 heterocycles. The number of hydrogen-bond donors (Lipinski definition) is 0. The normalized spacial score (nSPS) is 16.1. The summed E-state index contributed by atoms with van der Waals surface area (Å²) in [6.45, 7) is 4.64. The van der Waals surface area contributed by atoms with E-state index in [4.69, 9.17) is 11.0 Å². The Hall–Kier alpha value is -10.9. The first-order valence-electron chi connectivity index (χ1n) is 39.2. The van der Waals surface area contributed by atoms with Crippen molar-refractivity contribution in [2.45, 2.75) is 26.2 Å². The lowest BCUT2D eigenvalue weighted by molar-refractivity contribution is 0.590. The zero-order chi connectivity index (χ0) is 76.2. The maximum absolute atomic E-state index is 11.3. The van der Waals surface area contributed by atoms with Gasteiger partial charge in [0.1, 0.15) is 0 Å². The van der Waals surface area contributed by atoms with E-state index in [9.17, 15) is 17.8 Å². The molecule has 410 valence electrons. The predicted molar refractivity (Wildman–Crippen MR) is 370 cm³/mol. The first-order chi connectivity index (χ1) is 51.6. The van der Waals surface area contributed by atoms with Crippen LogP contribution in [0.15, 0.2) is 303 Å². The highest BCUT2D eigenvalue weighted by Gasteiger charge is 2.45. The van der Waals surface area contributed by atoms with Gasteiger partial charge in [0.25, 0.3) is 6.71 Å². The van der Waals surface area contributed by atoms with Gasteiger partial charge in [0.2, 0.25) is 0 Å². The van der Waals surface area contributed by atoms with E-state index in [-0.39, 0.29) is 60.6 Å². The van der Waals surface area contributed by atoms with E-state index in [0.29, 0.717) is 50.5 Å². The van der Waals surface area contributed by atoms with E-state index in [1.54, 1.807) is 6.07 Å². The summed E-state index contributed by atoms with van der Waals surface area (Å²) in [4.78, 5) is 3.80. The van der Waals surface area contributed by atoms with Gasteiger partial charge in [-0.2, -0.15) is 0 Å². The van der Waals surface area contributed by atoms with E-state index < -0.39 is 156 Å². The van der Waals surface area contributed by atoms with E-state index in [0.717, 1.165) is 32.4 Å². The molecule has 15 aromatic rings. The van der Waals surface area contributed by atoms with Crippen molar-refractivity contribution in [3.8, 4) is 55.9 Å². The van der Waals surface area contributed by atoms with Crippen LogP contribution >= 0.6 is 0 Å². The molecule has 0 fully saturated rings. The molecular formula is C82H59BN4. The lowest BCUT2D eigenvalue weighted by atomic mass is 9.33. The van der Waals surface area contributed by atoms with Gasteiger partial charge < -0.3 is 18.9 Å². The smallest absolute Gasteiger partial charge is 0.252 e. The minimum absolute atomic E-state index is 0.0282. The van der Waals surface area contributed by atoms with Crippen LogP contribution in [0.2, 0.25) is 0 Å². The molecule has 2 aromatic heterocycles. The Balaban J connectivity index is 1.10. The number of para-hydroxylation sites is 4. The van der Waals surface area contributed by atoms with Crippen molar-refractivity contribution < 1.29 is 28.8 Å². The number of benzene rings is 13. The van der Waals surface area contributed by atoms with Crippen LogP contribution in [0.25, 0.3) is 99.5 Å². The fourth-order valence-corrected chi connectivity index (χ4v) is 12.9. The van der Waals surface area contributed by atoms with Crippen molar-refractivity contribution in [3.05, 3.63) is 308 Å². The quantitative estimate of drug-likeness (QED) is 0.141. The number of nitrogens with zero attached hydrogens (tertiary/aromatic N) is 4. The lowest BCUT2D eigenvalue weighted by Crippen LogP contribution is -2.61. The van der Waals surface area contributed by atoms with Crippen LogP contribution in [0, 0.1) is 0 Å². The Morgan fingerprint density at radius 2 is 0.701 bits per heavy atom. The molecule has 0 spiro atoms. The van der Waals surface area contributed by atoms with E-state index >= 15 is 0 Å². The molecule has 2 aliphatic rings. The van der Waals surface area contributed by atoms with Gasteiger partial charge in [-0.05, 0) is 146 Å². The SMILES string of the molecule is [2H]c1c(-n2c3c([2H])c([2H])c([2H])c([2H])c3c3c([2H])c([2H])c([2H])c([2H])c32)cc2c(c1[2H])B1c3c(cc(C(C)(C)C)cc3N(c3ccc(-c4ccccc4)cc3-c3ccccc3)c3c([2H])c(-n4c5c([2H])c([2H])c([2H])c([2H])c5c5c([2H])c([2H])c([2H])c([2H])c54)c([2H])c([2H])c31)N2c1ccc(-c2ccccc2)cc1-c1ccccc1. The van der Waals surface area contributed by atoms with Gasteiger partial charge in [-0.25, -0.2) is 0 Å². The molecule has 0 aliphatic carbocycles. The summed E-state index contributed by atoms with van der Waals surface area (Å²) >= 11 is 0. The van der Waals surface area contributed by atoms with Crippen LogP contribution in [0.5, 0.6) is 0 Å². The standard InChI is InChI=1S/C82H59BN4/c1-82(2,3)60-50-79-81-80(51-60)87(76-47-41-59(55-26-10-5-11-27-55)49-68(76)57-30-14-7-15-31-57)78-53-62(85-73-38-22-18-34-65(73)66-35-19-23-39-74(66)85)43-45-70(78)83(81)69-44-42-61(84-71-36-20-16-32-63(71)64-33-17-21-37-72(64)84)52-77(69)86(79)75-46-40-58(54-24-8-4-9-25-54)48-67(75)56-28-12-6-13-29-56/h4-53H,1-3H3/i16D,17D,18D,19D,20D,21D,22D,23D,32D,33D,34D,35D,36D,37D,38D,39D,42D,43D,44D,45D,52D. The van der Waals surface area contributed by atoms with Crippen LogP contribution in [0.3, 0.4) is 0 Å². The lowest BCUT2D eigenvalue weighted by Gasteiger charge is -2.46. The third-order valence-corrected chi connectivity index (χ3v) is 16.9. The molecule has 0 N–H and O–H groups in total. The number of rotatable bonds is 8. The van der Waals surface area contributed by atoms with Crippen LogP contribution < -0.4 is 26.2 Å². The maximum Gasteiger partial charge on any atom is 0.252 e. The maximum atomic E-state index is 11.3. The highest BCUT2D eigenvalue weighted by atomic mass is 15.2. The second-order valence-corrected chi connectivity index (χ2v) is 22.8. The monoisotopic (exact) mass is 1130 g/mol. The van der Waals surface area contributed by atoms with Gasteiger partial charge in [-0.15, -0.1) is 0 Å². The Labute approximate surface area is 537 Å². The third kappa shape index (κ3) is 8.07. The van der Waals surface area contributed by atoms with Crippen molar-refractivity contribution in [2.75, 3.05) is 9.80 Å². The second kappa shape index (κ2) is 19.9. The number of aromatic nitrogens is 2. The molecule has 87 heavy (non-hydrogen) atoms.